The van der Waals surface area contributed by atoms with Crippen LogP contribution in [-0.2, 0) is 9.89 Å². The van der Waals surface area contributed by atoms with Gasteiger partial charge in [-0.05, 0) is 36.3 Å². The molecule has 4 nitrogen and oxygen atoms in total. The first kappa shape index (κ1) is 22.5. The van der Waals surface area contributed by atoms with Crippen molar-refractivity contribution < 1.29 is 14.2 Å². The topological polar surface area (TPSA) is 30.9 Å². The van der Waals surface area contributed by atoms with Gasteiger partial charge in [-0.2, -0.15) is 0 Å². The lowest BCUT2D eigenvalue weighted by atomic mass is 9.94. The van der Waals surface area contributed by atoms with E-state index in [4.69, 9.17) is 14.2 Å². The molecule has 0 bridgehead atoms. The van der Waals surface area contributed by atoms with Crippen molar-refractivity contribution >= 4 is 19.6 Å². The lowest BCUT2D eigenvalue weighted by molar-refractivity contribution is 0.0480. The van der Waals surface area contributed by atoms with Crippen molar-refractivity contribution in [2.24, 2.45) is 0 Å². The Bertz CT molecular complexity index is 778. The van der Waals surface area contributed by atoms with E-state index in [2.05, 4.69) is 70.1 Å². The van der Waals surface area contributed by atoms with Crippen LogP contribution in [0, 0.1) is 6.92 Å². The maximum Gasteiger partial charge on any atom is 0.188 e. The predicted octanol–water partition coefficient (Wildman–Crippen LogP) is 5.07. The summed E-state index contributed by atoms with van der Waals surface area (Å²) in [6, 6.07) is 12.7. The number of rotatable bonds is 10. The summed E-state index contributed by atoms with van der Waals surface area (Å²) in [5.41, 5.74) is 3.79. The molecule has 0 aliphatic rings. The molecule has 0 amide bonds. The minimum Gasteiger partial charge on any atom is -0.493 e. The van der Waals surface area contributed by atoms with Crippen molar-refractivity contribution in [2.45, 2.75) is 38.8 Å². The third-order valence-electron chi connectivity index (χ3n) is 5.00. The van der Waals surface area contributed by atoms with E-state index in [0.717, 1.165) is 24.3 Å². The Morgan fingerprint density at radius 2 is 1.79 bits per heavy atom. The molecule has 0 N–H and O–H groups in total. The van der Waals surface area contributed by atoms with Crippen LogP contribution in [0.4, 0.5) is 5.69 Å². The number of hydrogen-bond acceptors (Lipinski definition) is 4. The van der Waals surface area contributed by atoms with Gasteiger partial charge in [-0.25, -0.2) is 0 Å². The standard InChI is InChI=1S/C23H34NO3P/c1-8-15-23(3,28-22-17(2)11-9-13-19(22)24(4)5)18-12-10-14-20(26-7)21(18)27-16-25-6/h9-14,28H,8,15-16H2,1-7H3. The molecule has 0 heterocycles. The quantitative estimate of drug-likeness (QED) is 0.409. The van der Waals surface area contributed by atoms with E-state index >= 15 is 0 Å². The Morgan fingerprint density at radius 3 is 2.39 bits per heavy atom. The van der Waals surface area contributed by atoms with Crippen LogP contribution < -0.4 is 19.7 Å². The molecule has 0 saturated heterocycles. The molecule has 154 valence electrons. The minimum atomic E-state index is -0.0662. The molecule has 2 aromatic rings. The van der Waals surface area contributed by atoms with Gasteiger partial charge in [0.25, 0.3) is 0 Å². The number of aryl methyl sites for hydroxylation is 1. The van der Waals surface area contributed by atoms with E-state index in [1.54, 1.807) is 14.2 Å². The van der Waals surface area contributed by atoms with Crippen molar-refractivity contribution in [1.29, 1.82) is 0 Å². The van der Waals surface area contributed by atoms with Crippen LogP contribution in [0.15, 0.2) is 36.4 Å². The van der Waals surface area contributed by atoms with Crippen LogP contribution in [-0.4, -0.2) is 35.1 Å². The van der Waals surface area contributed by atoms with Gasteiger partial charge in [0.15, 0.2) is 18.3 Å². The fourth-order valence-electron chi connectivity index (χ4n) is 3.61. The summed E-state index contributed by atoms with van der Waals surface area (Å²) < 4.78 is 16.8. The first-order valence-electron chi connectivity index (χ1n) is 9.72. The highest BCUT2D eigenvalue weighted by molar-refractivity contribution is 7.49. The molecule has 0 spiro atoms. The Morgan fingerprint density at radius 1 is 1.07 bits per heavy atom. The van der Waals surface area contributed by atoms with Gasteiger partial charge >= 0.3 is 0 Å². The maximum atomic E-state index is 5.99. The van der Waals surface area contributed by atoms with Crippen molar-refractivity contribution in [2.75, 3.05) is 40.0 Å². The van der Waals surface area contributed by atoms with Gasteiger partial charge in [0.05, 0.1) is 7.11 Å². The second kappa shape index (κ2) is 10.1. The van der Waals surface area contributed by atoms with Gasteiger partial charge < -0.3 is 19.1 Å². The zero-order chi connectivity index (χ0) is 20.7. The van der Waals surface area contributed by atoms with Crippen molar-refractivity contribution in [1.82, 2.24) is 0 Å². The Kier molecular flexibility index (Phi) is 8.15. The zero-order valence-corrected chi connectivity index (χ0v) is 19.3. The van der Waals surface area contributed by atoms with Gasteiger partial charge in [0.1, 0.15) is 0 Å². The molecule has 0 aromatic heterocycles. The summed E-state index contributed by atoms with van der Waals surface area (Å²) in [6.45, 7) is 6.99. The molecule has 5 heteroatoms. The average molecular weight is 404 g/mol. The Hall–Kier alpha value is -1.77. The summed E-state index contributed by atoms with van der Waals surface area (Å²) in [7, 11) is 8.15. The van der Waals surface area contributed by atoms with Gasteiger partial charge in [-0.15, -0.1) is 0 Å². The van der Waals surface area contributed by atoms with E-state index < -0.39 is 0 Å². The molecule has 2 rings (SSSR count). The summed E-state index contributed by atoms with van der Waals surface area (Å²) in [5, 5.41) is 1.34. The predicted molar refractivity (Wildman–Crippen MR) is 121 cm³/mol. The Labute approximate surface area is 172 Å². The molecule has 2 aromatic carbocycles. The number of benzene rings is 2. The zero-order valence-electron chi connectivity index (χ0n) is 18.3. The van der Waals surface area contributed by atoms with E-state index in [-0.39, 0.29) is 11.9 Å². The highest BCUT2D eigenvalue weighted by atomic mass is 31.1. The van der Waals surface area contributed by atoms with Crippen LogP contribution in [0.3, 0.4) is 0 Å². The molecule has 2 unspecified atom stereocenters. The third-order valence-corrected chi connectivity index (χ3v) is 6.97. The number of hydrogen-bond donors (Lipinski definition) is 0. The van der Waals surface area contributed by atoms with E-state index in [1.165, 1.54) is 22.1 Å². The minimum absolute atomic E-state index is 0.0662. The highest BCUT2D eigenvalue weighted by Gasteiger charge is 2.32. The molecule has 0 fully saturated rings. The van der Waals surface area contributed by atoms with E-state index in [1.807, 2.05) is 6.07 Å². The van der Waals surface area contributed by atoms with Crippen LogP contribution in [0.5, 0.6) is 11.5 Å². The first-order valence-corrected chi connectivity index (χ1v) is 10.7. The summed E-state index contributed by atoms with van der Waals surface area (Å²) in [5.74, 6) is 1.54. The van der Waals surface area contributed by atoms with Crippen molar-refractivity contribution in [3.05, 3.63) is 47.5 Å². The van der Waals surface area contributed by atoms with Gasteiger partial charge in [-0.1, -0.05) is 53.1 Å². The largest absolute Gasteiger partial charge is 0.493 e. The van der Waals surface area contributed by atoms with Gasteiger partial charge in [0.2, 0.25) is 0 Å². The lowest BCUT2D eigenvalue weighted by Gasteiger charge is -2.34. The number of nitrogens with zero attached hydrogens (tertiary/aromatic N) is 1. The number of ether oxygens (including phenoxy) is 3. The fourth-order valence-corrected chi connectivity index (χ4v) is 5.58. The average Bonchev–Trinajstić information content (AvgIpc) is 2.67. The molecule has 28 heavy (non-hydrogen) atoms. The summed E-state index contributed by atoms with van der Waals surface area (Å²) in [4.78, 5) is 2.20. The Balaban J connectivity index is 2.59. The monoisotopic (exact) mass is 403 g/mol. The molecule has 0 radical (unpaired) electrons. The first-order chi connectivity index (χ1) is 13.4. The van der Waals surface area contributed by atoms with Crippen LogP contribution in [0.1, 0.15) is 37.8 Å². The van der Waals surface area contributed by atoms with E-state index in [9.17, 15) is 0 Å². The fraction of sp³-hybridized carbons (Fsp3) is 0.478. The number of para-hydroxylation sites is 1. The van der Waals surface area contributed by atoms with Crippen molar-refractivity contribution in [3.8, 4) is 11.5 Å². The van der Waals surface area contributed by atoms with Crippen LogP contribution >= 0.6 is 8.58 Å². The highest BCUT2D eigenvalue weighted by Crippen LogP contribution is 2.51. The molecule has 0 saturated carbocycles. The summed E-state index contributed by atoms with van der Waals surface area (Å²) in [6.07, 6.45) is 2.15. The normalized spacial score (nSPS) is 13.5. The van der Waals surface area contributed by atoms with Gasteiger partial charge in [0, 0.05) is 37.6 Å². The molecule has 0 aliphatic heterocycles. The third kappa shape index (κ3) is 4.98. The smallest absolute Gasteiger partial charge is 0.188 e. The second-order valence-electron chi connectivity index (χ2n) is 7.46. The number of methoxy groups -OCH3 is 2. The molecular formula is C23H34NO3P. The summed E-state index contributed by atoms with van der Waals surface area (Å²) >= 11 is 0. The van der Waals surface area contributed by atoms with Crippen LogP contribution in [0.2, 0.25) is 0 Å². The molecule has 2 atom stereocenters. The van der Waals surface area contributed by atoms with Gasteiger partial charge in [-0.3, -0.25) is 0 Å². The van der Waals surface area contributed by atoms with E-state index in [0.29, 0.717) is 8.58 Å². The molecular weight excluding hydrogens is 369 g/mol. The lowest BCUT2D eigenvalue weighted by Crippen LogP contribution is -2.25. The SMILES string of the molecule is CCCC(C)(Pc1c(C)cccc1N(C)C)c1cccc(OC)c1OCOC. The molecule has 0 aliphatic carbocycles. The number of anilines is 1. The van der Waals surface area contributed by atoms with Crippen LogP contribution in [0.25, 0.3) is 0 Å². The van der Waals surface area contributed by atoms with Crippen molar-refractivity contribution in [3.63, 3.8) is 0 Å². The second-order valence-corrected chi connectivity index (χ2v) is 9.31. The maximum absolute atomic E-state index is 5.99.